The number of nitrogens with two attached hydrogens (primary N) is 1. The maximum Gasteiger partial charge on any atom is 0.343 e. The molecule has 0 heterocycles. The summed E-state index contributed by atoms with van der Waals surface area (Å²) in [6, 6.07) is 14.0. The number of nitrogens with zero attached hydrogens (tertiary/aromatic N) is 1. The molecule has 31 heavy (non-hydrogen) atoms. The van der Waals surface area contributed by atoms with E-state index in [1.54, 1.807) is 0 Å². The number of carbonyl (C=O) groups excluding carboxylic acids is 2. The Morgan fingerprint density at radius 3 is 2.39 bits per heavy atom. The summed E-state index contributed by atoms with van der Waals surface area (Å²) < 4.78 is 16.1. The lowest BCUT2D eigenvalue weighted by atomic mass is 10.2. The van der Waals surface area contributed by atoms with Gasteiger partial charge in [-0.3, -0.25) is 14.9 Å². The van der Waals surface area contributed by atoms with Crippen LogP contribution < -0.4 is 19.9 Å². The number of primary amides is 1. The maximum absolute atomic E-state index is 12.5. The number of nitro benzene ring substituents is 1. The summed E-state index contributed by atoms with van der Waals surface area (Å²) in [4.78, 5) is 34.4. The molecule has 0 unspecified atom stereocenters. The van der Waals surface area contributed by atoms with Gasteiger partial charge in [0.15, 0.2) is 11.5 Å². The number of halogens is 1. The molecular formula is C21H15ClN2O7. The Morgan fingerprint density at radius 1 is 0.968 bits per heavy atom. The Labute approximate surface area is 181 Å². The molecule has 9 nitrogen and oxygen atoms in total. The first kappa shape index (κ1) is 21.6. The van der Waals surface area contributed by atoms with Crippen LogP contribution in [0.2, 0.25) is 5.02 Å². The van der Waals surface area contributed by atoms with Gasteiger partial charge < -0.3 is 19.9 Å². The number of nitro groups is 1. The average Bonchev–Trinajstić information content (AvgIpc) is 2.75. The van der Waals surface area contributed by atoms with E-state index in [0.717, 1.165) is 6.07 Å². The van der Waals surface area contributed by atoms with Crippen LogP contribution in [0.15, 0.2) is 60.7 Å². The lowest BCUT2D eigenvalue weighted by Gasteiger charge is -2.12. The van der Waals surface area contributed by atoms with Gasteiger partial charge in [-0.25, -0.2) is 4.79 Å². The van der Waals surface area contributed by atoms with E-state index in [9.17, 15) is 19.7 Å². The lowest BCUT2D eigenvalue weighted by molar-refractivity contribution is -0.385. The zero-order valence-electron chi connectivity index (χ0n) is 16.0. The molecule has 3 aromatic rings. The molecular weight excluding hydrogens is 428 g/mol. The highest BCUT2D eigenvalue weighted by atomic mass is 35.5. The molecule has 0 aliphatic heterocycles. The van der Waals surface area contributed by atoms with Gasteiger partial charge in [0.05, 0.1) is 17.6 Å². The number of amides is 1. The molecule has 0 aliphatic rings. The number of ether oxygens (including phenoxy) is 3. The molecule has 0 fully saturated rings. The van der Waals surface area contributed by atoms with E-state index in [1.807, 2.05) is 0 Å². The minimum Gasteiger partial charge on any atom is -0.493 e. The number of rotatable bonds is 7. The van der Waals surface area contributed by atoms with Gasteiger partial charge >= 0.3 is 11.7 Å². The number of hydrogen-bond donors (Lipinski definition) is 1. The molecule has 0 saturated carbocycles. The van der Waals surface area contributed by atoms with Crippen LogP contribution in [0.1, 0.15) is 20.7 Å². The van der Waals surface area contributed by atoms with E-state index >= 15 is 0 Å². The predicted octanol–water partition coefficient (Wildman–Crippen LogP) is 4.37. The van der Waals surface area contributed by atoms with E-state index in [4.69, 9.17) is 31.5 Å². The second-order valence-electron chi connectivity index (χ2n) is 6.12. The molecule has 0 bridgehead atoms. The lowest BCUT2D eigenvalue weighted by Crippen LogP contribution is -2.12. The molecule has 0 saturated heterocycles. The van der Waals surface area contributed by atoms with Crippen LogP contribution in [-0.4, -0.2) is 23.9 Å². The zero-order chi connectivity index (χ0) is 22.5. The van der Waals surface area contributed by atoms with E-state index in [2.05, 4.69) is 0 Å². The summed E-state index contributed by atoms with van der Waals surface area (Å²) in [7, 11) is 1.35. The number of hydrogen-bond acceptors (Lipinski definition) is 7. The van der Waals surface area contributed by atoms with Crippen LogP contribution in [0.5, 0.6) is 23.0 Å². The van der Waals surface area contributed by atoms with E-state index < -0.39 is 16.8 Å². The summed E-state index contributed by atoms with van der Waals surface area (Å²) >= 11 is 5.81. The van der Waals surface area contributed by atoms with Gasteiger partial charge in [0, 0.05) is 16.7 Å². The number of methoxy groups -OCH3 is 1. The van der Waals surface area contributed by atoms with Crippen LogP contribution in [0.3, 0.4) is 0 Å². The van der Waals surface area contributed by atoms with E-state index in [0.29, 0.717) is 0 Å². The van der Waals surface area contributed by atoms with Gasteiger partial charge in [-0.05, 0) is 48.5 Å². The third kappa shape index (κ3) is 5.09. The van der Waals surface area contributed by atoms with Crippen LogP contribution in [0.4, 0.5) is 5.69 Å². The van der Waals surface area contributed by atoms with E-state index in [1.165, 1.54) is 61.7 Å². The third-order valence-electron chi connectivity index (χ3n) is 4.07. The summed E-state index contributed by atoms with van der Waals surface area (Å²) in [6.45, 7) is 0. The van der Waals surface area contributed by atoms with Crippen molar-refractivity contribution in [1.82, 2.24) is 0 Å². The molecule has 0 spiro atoms. The summed E-state index contributed by atoms with van der Waals surface area (Å²) in [5.74, 6) is -1.00. The molecule has 2 N–H and O–H groups in total. The minimum atomic E-state index is -0.719. The first-order valence-corrected chi connectivity index (χ1v) is 9.08. The number of carbonyl (C=O) groups is 2. The molecule has 3 aromatic carbocycles. The first-order chi connectivity index (χ1) is 14.8. The maximum atomic E-state index is 12.5. The largest absolute Gasteiger partial charge is 0.493 e. The normalized spacial score (nSPS) is 10.3. The third-order valence-corrected chi connectivity index (χ3v) is 4.30. The highest BCUT2D eigenvalue weighted by Crippen LogP contribution is 2.38. The van der Waals surface area contributed by atoms with Crippen molar-refractivity contribution in [3.8, 4) is 23.0 Å². The molecule has 158 valence electrons. The molecule has 3 rings (SSSR count). The van der Waals surface area contributed by atoms with Crippen molar-refractivity contribution in [1.29, 1.82) is 0 Å². The van der Waals surface area contributed by atoms with Crippen molar-refractivity contribution in [3.05, 3.63) is 86.9 Å². The van der Waals surface area contributed by atoms with Crippen molar-refractivity contribution in [3.63, 3.8) is 0 Å². The van der Waals surface area contributed by atoms with Crippen molar-refractivity contribution in [2.24, 2.45) is 5.73 Å². The highest BCUT2D eigenvalue weighted by Gasteiger charge is 2.19. The highest BCUT2D eigenvalue weighted by molar-refractivity contribution is 6.30. The molecule has 0 aliphatic carbocycles. The monoisotopic (exact) mass is 442 g/mol. The van der Waals surface area contributed by atoms with Crippen molar-refractivity contribution in [2.75, 3.05) is 7.11 Å². The number of esters is 1. The molecule has 0 aromatic heterocycles. The molecule has 10 heteroatoms. The quantitative estimate of drug-likeness (QED) is 0.249. The summed E-state index contributed by atoms with van der Waals surface area (Å²) in [6.07, 6.45) is 0. The van der Waals surface area contributed by atoms with Crippen molar-refractivity contribution < 1.29 is 28.7 Å². The van der Waals surface area contributed by atoms with Crippen LogP contribution in [-0.2, 0) is 0 Å². The van der Waals surface area contributed by atoms with Crippen LogP contribution >= 0.6 is 11.6 Å². The fourth-order valence-corrected chi connectivity index (χ4v) is 2.76. The van der Waals surface area contributed by atoms with E-state index in [-0.39, 0.29) is 44.8 Å². The Bertz CT molecular complexity index is 1180. The first-order valence-electron chi connectivity index (χ1n) is 8.70. The summed E-state index contributed by atoms with van der Waals surface area (Å²) in [5.41, 5.74) is 5.21. The Morgan fingerprint density at radius 2 is 1.71 bits per heavy atom. The summed E-state index contributed by atoms with van der Waals surface area (Å²) in [5, 5.41) is 11.4. The van der Waals surface area contributed by atoms with Gasteiger partial charge in [0.2, 0.25) is 11.7 Å². The molecule has 1 amide bonds. The van der Waals surface area contributed by atoms with Crippen LogP contribution in [0, 0.1) is 10.1 Å². The average molecular weight is 443 g/mol. The topological polar surface area (TPSA) is 131 Å². The minimum absolute atomic E-state index is 0.0497. The van der Waals surface area contributed by atoms with Gasteiger partial charge in [-0.15, -0.1) is 0 Å². The Balaban J connectivity index is 1.85. The van der Waals surface area contributed by atoms with Gasteiger partial charge in [0.25, 0.3) is 0 Å². The zero-order valence-corrected chi connectivity index (χ0v) is 16.8. The van der Waals surface area contributed by atoms with Crippen molar-refractivity contribution >= 4 is 29.2 Å². The SMILES string of the molecule is COc1cc(C(=O)Oc2cccc(C(N)=O)c2)ccc1Oc1ccc(Cl)cc1[N+](=O)[O-]. The molecule has 0 atom stereocenters. The molecule has 0 radical (unpaired) electrons. The van der Waals surface area contributed by atoms with Crippen molar-refractivity contribution in [2.45, 2.75) is 0 Å². The second kappa shape index (κ2) is 9.14. The standard InChI is InChI=1S/C21H15ClN2O7/c1-29-19-10-13(21(26)30-15-4-2-3-12(9-15)20(23)25)5-7-18(19)31-17-8-6-14(22)11-16(17)24(27)28/h2-11H,1H3,(H2,23,25). The van der Waals surface area contributed by atoms with Crippen LogP contribution in [0.25, 0.3) is 0 Å². The van der Waals surface area contributed by atoms with Gasteiger partial charge in [-0.1, -0.05) is 17.7 Å². The Kier molecular flexibility index (Phi) is 6.37. The van der Waals surface area contributed by atoms with Gasteiger partial charge in [-0.2, -0.15) is 0 Å². The fourth-order valence-electron chi connectivity index (χ4n) is 2.60. The smallest absolute Gasteiger partial charge is 0.343 e. The fraction of sp³-hybridized carbons (Fsp3) is 0.0476. The number of benzene rings is 3. The second-order valence-corrected chi connectivity index (χ2v) is 6.55. The Hall–Kier alpha value is -4.11. The predicted molar refractivity (Wildman–Crippen MR) is 111 cm³/mol. The van der Waals surface area contributed by atoms with Gasteiger partial charge in [0.1, 0.15) is 5.75 Å².